The summed E-state index contributed by atoms with van der Waals surface area (Å²) in [5.74, 6) is -0.737. The maximum Gasteiger partial charge on any atom is 0.417 e. The summed E-state index contributed by atoms with van der Waals surface area (Å²) in [7, 11) is 1.28. The summed E-state index contributed by atoms with van der Waals surface area (Å²) in [6.45, 7) is 1.95. The fourth-order valence-corrected chi connectivity index (χ4v) is 1.69. The van der Waals surface area contributed by atoms with Crippen LogP contribution in [0.5, 0.6) is 0 Å². The van der Waals surface area contributed by atoms with Crippen molar-refractivity contribution in [2.75, 3.05) is 13.7 Å². The molecule has 0 saturated heterocycles. The van der Waals surface area contributed by atoms with E-state index in [0.29, 0.717) is 18.4 Å². The lowest BCUT2D eigenvalue weighted by atomic mass is 9.93. The summed E-state index contributed by atoms with van der Waals surface area (Å²) in [5, 5.41) is 8.59. The Morgan fingerprint density at radius 3 is 2.84 bits per heavy atom. The lowest BCUT2D eigenvalue weighted by Crippen LogP contribution is -2.28. The third kappa shape index (κ3) is 3.85. The van der Waals surface area contributed by atoms with Crippen LogP contribution < -0.4 is 0 Å². The molecule has 102 valence electrons. The molecule has 1 aliphatic heterocycles. The van der Waals surface area contributed by atoms with Gasteiger partial charge in [-0.2, -0.15) is 5.26 Å². The number of rotatable bonds is 4. The van der Waals surface area contributed by atoms with Gasteiger partial charge in [-0.3, -0.25) is 4.90 Å². The number of hydrogen-bond donors (Lipinski definition) is 0. The van der Waals surface area contributed by atoms with E-state index in [1.807, 2.05) is 6.07 Å². The molecule has 0 aliphatic carbocycles. The highest BCUT2D eigenvalue weighted by molar-refractivity contribution is 5.90. The van der Waals surface area contributed by atoms with Crippen LogP contribution >= 0.6 is 0 Å². The fourth-order valence-electron chi connectivity index (χ4n) is 1.69. The molecule has 0 aromatic heterocycles. The number of ether oxygens (including phenoxy) is 2. The highest BCUT2D eigenvalue weighted by Crippen LogP contribution is 2.25. The van der Waals surface area contributed by atoms with Gasteiger partial charge in [0, 0.05) is 24.7 Å². The van der Waals surface area contributed by atoms with Gasteiger partial charge in [0.25, 0.3) is 0 Å². The Labute approximate surface area is 111 Å². The van der Waals surface area contributed by atoms with Gasteiger partial charge in [-0.1, -0.05) is 6.08 Å². The molecular formula is C13H16N2O4. The van der Waals surface area contributed by atoms with Crippen molar-refractivity contribution in [3.8, 4) is 6.07 Å². The average molecular weight is 264 g/mol. The van der Waals surface area contributed by atoms with Crippen molar-refractivity contribution in [3.63, 3.8) is 0 Å². The summed E-state index contributed by atoms with van der Waals surface area (Å²) in [5.41, 5.74) is 0.341. The maximum atomic E-state index is 11.7. The molecule has 0 N–H and O–H groups in total. The second-order valence-corrected chi connectivity index (χ2v) is 3.83. The van der Waals surface area contributed by atoms with E-state index in [1.54, 1.807) is 13.0 Å². The topological polar surface area (TPSA) is 79.6 Å². The lowest BCUT2D eigenvalue weighted by Gasteiger charge is -2.23. The van der Waals surface area contributed by atoms with E-state index in [9.17, 15) is 9.59 Å². The van der Waals surface area contributed by atoms with Crippen molar-refractivity contribution in [1.29, 1.82) is 5.26 Å². The van der Waals surface area contributed by atoms with Gasteiger partial charge >= 0.3 is 12.1 Å². The zero-order chi connectivity index (χ0) is 14.3. The van der Waals surface area contributed by atoms with Crippen LogP contribution in [0.4, 0.5) is 4.79 Å². The first-order valence-electron chi connectivity index (χ1n) is 5.94. The number of carbonyl (C=O) groups is 2. The monoisotopic (exact) mass is 264 g/mol. The Hall–Kier alpha value is -2.29. The number of nitrogens with zero attached hydrogens (tertiary/aromatic N) is 2. The van der Waals surface area contributed by atoms with Crippen LogP contribution in [0.1, 0.15) is 19.8 Å². The van der Waals surface area contributed by atoms with Gasteiger partial charge in [-0.15, -0.1) is 0 Å². The standard InChI is InChI=1S/C13H16N2O4/c1-3-19-13(17)15-8-6-10(5-4-7-14)11(9-15)12(16)18-2/h6,8-10H,3-5H2,1-2H3. The van der Waals surface area contributed by atoms with Crippen LogP contribution in [0, 0.1) is 17.2 Å². The van der Waals surface area contributed by atoms with Crippen LogP contribution in [0.25, 0.3) is 0 Å². The maximum absolute atomic E-state index is 11.7. The Morgan fingerprint density at radius 2 is 2.26 bits per heavy atom. The van der Waals surface area contributed by atoms with Gasteiger partial charge in [0.05, 0.1) is 25.4 Å². The average Bonchev–Trinajstić information content (AvgIpc) is 2.44. The molecule has 1 heterocycles. The number of esters is 1. The Bertz CT molecular complexity index is 448. The van der Waals surface area contributed by atoms with Gasteiger partial charge in [0.15, 0.2) is 0 Å². The van der Waals surface area contributed by atoms with Gasteiger partial charge in [-0.05, 0) is 13.3 Å². The van der Waals surface area contributed by atoms with Gasteiger partial charge in [0.1, 0.15) is 0 Å². The molecule has 0 spiro atoms. The molecule has 1 amide bonds. The minimum absolute atomic E-state index is 0.224. The van der Waals surface area contributed by atoms with Crippen LogP contribution in [0.2, 0.25) is 0 Å². The van der Waals surface area contributed by atoms with E-state index in [-0.39, 0.29) is 12.5 Å². The molecule has 1 rings (SSSR count). The van der Waals surface area contributed by atoms with Crippen molar-refractivity contribution in [2.45, 2.75) is 19.8 Å². The normalized spacial score (nSPS) is 17.4. The van der Waals surface area contributed by atoms with Crippen LogP contribution in [-0.4, -0.2) is 30.7 Å². The predicted molar refractivity (Wildman–Crippen MR) is 66.4 cm³/mol. The molecule has 1 atom stereocenters. The van der Waals surface area contributed by atoms with E-state index in [0.717, 1.165) is 0 Å². The van der Waals surface area contributed by atoms with Crippen LogP contribution in [0.15, 0.2) is 24.0 Å². The number of methoxy groups -OCH3 is 1. The summed E-state index contributed by atoms with van der Waals surface area (Å²) >= 11 is 0. The molecule has 0 radical (unpaired) electrons. The third-order valence-electron chi connectivity index (χ3n) is 2.62. The minimum Gasteiger partial charge on any atom is -0.466 e. The molecule has 0 saturated carbocycles. The lowest BCUT2D eigenvalue weighted by molar-refractivity contribution is -0.136. The molecule has 1 unspecified atom stereocenters. The number of amides is 1. The quantitative estimate of drug-likeness (QED) is 0.725. The largest absolute Gasteiger partial charge is 0.466 e. The molecule has 0 bridgehead atoms. The highest BCUT2D eigenvalue weighted by Gasteiger charge is 2.25. The second kappa shape index (κ2) is 7.21. The summed E-state index contributed by atoms with van der Waals surface area (Å²) in [4.78, 5) is 24.5. The van der Waals surface area contributed by atoms with Gasteiger partial charge < -0.3 is 9.47 Å². The third-order valence-corrected chi connectivity index (χ3v) is 2.62. The Balaban J connectivity index is 2.88. The molecule has 6 heteroatoms. The molecule has 0 aromatic rings. The number of nitriles is 1. The molecule has 0 aromatic carbocycles. The van der Waals surface area contributed by atoms with Crippen molar-refractivity contribution < 1.29 is 19.1 Å². The van der Waals surface area contributed by atoms with Gasteiger partial charge in [0.2, 0.25) is 0 Å². The van der Waals surface area contributed by atoms with Crippen molar-refractivity contribution in [1.82, 2.24) is 4.90 Å². The summed E-state index contributed by atoms with van der Waals surface area (Å²) in [6.07, 6.45) is 4.89. The first kappa shape index (κ1) is 14.8. The van der Waals surface area contributed by atoms with E-state index in [2.05, 4.69) is 4.74 Å². The first-order valence-corrected chi connectivity index (χ1v) is 5.94. The van der Waals surface area contributed by atoms with Crippen LogP contribution in [-0.2, 0) is 14.3 Å². The smallest absolute Gasteiger partial charge is 0.417 e. The predicted octanol–water partition coefficient (Wildman–Crippen LogP) is 1.95. The Morgan fingerprint density at radius 1 is 1.53 bits per heavy atom. The molecule has 1 aliphatic rings. The SMILES string of the molecule is CCOC(=O)N1C=CC(CCC#N)C(C(=O)OC)=C1. The van der Waals surface area contributed by atoms with Crippen molar-refractivity contribution in [3.05, 3.63) is 24.0 Å². The summed E-state index contributed by atoms with van der Waals surface area (Å²) < 4.78 is 9.53. The molecule has 0 fully saturated rings. The van der Waals surface area contributed by atoms with Crippen LogP contribution in [0.3, 0.4) is 0 Å². The van der Waals surface area contributed by atoms with E-state index < -0.39 is 12.1 Å². The van der Waals surface area contributed by atoms with E-state index in [4.69, 9.17) is 10.00 Å². The van der Waals surface area contributed by atoms with Crippen molar-refractivity contribution >= 4 is 12.1 Å². The first-order chi connectivity index (χ1) is 9.13. The number of carbonyl (C=O) groups excluding carboxylic acids is 2. The molecule has 19 heavy (non-hydrogen) atoms. The number of allylic oxidation sites excluding steroid dienone is 1. The van der Waals surface area contributed by atoms with E-state index >= 15 is 0 Å². The minimum atomic E-state index is -0.557. The number of hydrogen-bond acceptors (Lipinski definition) is 5. The van der Waals surface area contributed by atoms with E-state index in [1.165, 1.54) is 24.4 Å². The van der Waals surface area contributed by atoms with Crippen molar-refractivity contribution in [2.24, 2.45) is 5.92 Å². The zero-order valence-corrected chi connectivity index (χ0v) is 11.0. The fraction of sp³-hybridized carbons (Fsp3) is 0.462. The van der Waals surface area contributed by atoms with Gasteiger partial charge in [-0.25, -0.2) is 9.59 Å². The highest BCUT2D eigenvalue weighted by atomic mass is 16.6. The Kier molecular flexibility index (Phi) is 5.61. The molecular weight excluding hydrogens is 248 g/mol. The zero-order valence-electron chi connectivity index (χ0n) is 11.0. The molecule has 6 nitrogen and oxygen atoms in total. The summed E-state index contributed by atoms with van der Waals surface area (Å²) in [6, 6.07) is 2.03. The second-order valence-electron chi connectivity index (χ2n) is 3.83.